The molecule has 0 heterocycles. The molecule has 3 N–H and O–H groups in total. The second-order valence-electron chi connectivity index (χ2n) is 8.29. The number of carboxylic acid groups (broad SMARTS) is 1. The molecule has 2 aromatic rings. The van der Waals surface area contributed by atoms with Gasteiger partial charge in [0.05, 0.1) is 12.0 Å². The van der Waals surface area contributed by atoms with Crippen LogP contribution in [0.5, 0.6) is 0 Å². The van der Waals surface area contributed by atoms with Gasteiger partial charge in [0.15, 0.2) is 0 Å². The van der Waals surface area contributed by atoms with Crippen LogP contribution >= 0.6 is 0 Å². The first-order valence-electron chi connectivity index (χ1n) is 10.6. The number of fused-ring (bicyclic) bond motifs is 3. The molecule has 2 amide bonds. The summed E-state index contributed by atoms with van der Waals surface area (Å²) in [5, 5.41) is 13.0. The minimum atomic E-state index is -4.08. The number of hydrogen-bond donors (Lipinski definition) is 3. The van der Waals surface area contributed by atoms with Crippen molar-refractivity contribution in [3.8, 4) is 11.1 Å². The standard InChI is InChI=1S/C24H26F2N2O5/c1-3-23(2,20(29)27-14-24(25,26)21(30)31)13-28-22(32)33-12-19-17-10-6-4-8-15(17)16-9-5-7-11-18(16)19/h4-11,19H,3,12-14H2,1-2H3,(H,27,29)(H,28,32)(H,30,31). The van der Waals surface area contributed by atoms with Gasteiger partial charge in [-0.15, -0.1) is 0 Å². The molecule has 0 radical (unpaired) electrons. The topological polar surface area (TPSA) is 105 Å². The predicted molar refractivity (Wildman–Crippen MR) is 117 cm³/mol. The van der Waals surface area contributed by atoms with Crippen molar-refractivity contribution in [3.05, 3.63) is 59.7 Å². The SMILES string of the molecule is CCC(C)(CNC(=O)OCC1c2ccccc2-c2ccccc21)C(=O)NCC(F)(F)C(=O)O. The number of carbonyl (C=O) groups is 3. The van der Waals surface area contributed by atoms with Crippen molar-refractivity contribution < 1.29 is 33.0 Å². The van der Waals surface area contributed by atoms with Gasteiger partial charge in [-0.3, -0.25) is 4.79 Å². The summed E-state index contributed by atoms with van der Waals surface area (Å²) in [5.41, 5.74) is 3.08. The molecular formula is C24H26F2N2O5. The summed E-state index contributed by atoms with van der Waals surface area (Å²) in [7, 11) is 0. The Hall–Kier alpha value is -3.49. The molecule has 1 aliphatic carbocycles. The van der Waals surface area contributed by atoms with Crippen LogP contribution in [0.2, 0.25) is 0 Å². The molecule has 1 aliphatic rings. The number of hydrogen-bond acceptors (Lipinski definition) is 4. The van der Waals surface area contributed by atoms with Crippen LogP contribution in [-0.2, 0) is 14.3 Å². The summed E-state index contributed by atoms with van der Waals surface area (Å²) in [5.74, 6) is -7.31. The van der Waals surface area contributed by atoms with Gasteiger partial charge in [-0.1, -0.05) is 55.5 Å². The van der Waals surface area contributed by atoms with E-state index >= 15 is 0 Å². The number of aliphatic carboxylic acids is 1. The van der Waals surface area contributed by atoms with Crippen LogP contribution in [0.4, 0.5) is 13.6 Å². The first-order chi connectivity index (χ1) is 15.6. The number of carbonyl (C=O) groups excluding carboxylic acids is 2. The fraction of sp³-hybridized carbons (Fsp3) is 0.375. The molecule has 33 heavy (non-hydrogen) atoms. The number of nitrogens with one attached hydrogen (secondary N) is 2. The Morgan fingerprint density at radius 1 is 0.970 bits per heavy atom. The molecule has 0 bridgehead atoms. The van der Waals surface area contributed by atoms with E-state index < -0.39 is 35.9 Å². The van der Waals surface area contributed by atoms with E-state index in [0.29, 0.717) is 0 Å². The maximum Gasteiger partial charge on any atom is 0.407 e. The number of amides is 2. The van der Waals surface area contributed by atoms with Crippen molar-refractivity contribution in [3.63, 3.8) is 0 Å². The average molecular weight is 460 g/mol. The highest BCUT2D eigenvalue weighted by Gasteiger charge is 2.41. The molecule has 0 aromatic heterocycles. The highest BCUT2D eigenvalue weighted by molar-refractivity contribution is 5.84. The fourth-order valence-electron chi connectivity index (χ4n) is 3.76. The first kappa shape index (κ1) is 24.2. The second kappa shape index (κ2) is 9.56. The first-order valence-corrected chi connectivity index (χ1v) is 10.6. The minimum absolute atomic E-state index is 0.0970. The van der Waals surface area contributed by atoms with Crippen molar-refractivity contribution in [2.24, 2.45) is 5.41 Å². The molecule has 0 saturated heterocycles. The van der Waals surface area contributed by atoms with Gasteiger partial charge in [0.2, 0.25) is 5.91 Å². The number of benzene rings is 2. The van der Waals surface area contributed by atoms with Crippen LogP contribution in [-0.4, -0.2) is 48.7 Å². The number of rotatable bonds is 9. The van der Waals surface area contributed by atoms with Crippen LogP contribution in [0.3, 0.4) is 0 Å². The van der Waals surface area contributed by atoms with Crippen molar-refractivity contribution in [2.45, 2.75) is 32.1 Å². The largest absolute Gasteiger partial charge is 0.477 e. The summed E-state index contributed by atoms with van der Waals surface area (Å²) < 4.78 is 32.0. The van der Waals surface area contributed by atoms with Crippen molar-refractivity contribution >= 4 is 18.0 Å². The van der Waals surface area contributed by atoms with Gasteiger partial charge in [-0.2, -0.15) is 8.78 Å². The van der Waals surface area contributed by atoms with E-state index in [1.807, 2.05) is 53.8 Å². The van der Waals surface area contributed by atoms with Gasteiger partial charge in [-0.05, 0) is 35.6 Å². The smallest absolute Gasteiger partial charge is 0.407 e. The Morgan fingerprint density at radius 3 is 2.03 bits per heavy atom. The molecule has 3 rings (SSSR count). The normalized spacial score (nSPS) is 14.5. The lowest BCUT2D eigenvalue weighted by Crippen LogP contribution is -2.50. The van der Waals surface area contributed by atoms with E-state index in [0.717, 1.165) is 22.3 Å². The van der Waals surface area contributed by atoms with E-state index in [1.54, 1.807) is 6.92 Å². The third-order valence-corrected chi connectivity index (χ3v) is 6.08. The third kappa shape index (κ3) is 5.13. The summed E-state index contributed by atoms with van der Waals surface area (Å²) in [6.45, 7) is 1.76. The van der Waals surface area contributed by atoms with E-state index in [-0.39, 0.29) is 25.5 Å². The Morgan fingerprint density at radius 2 is 1.52 bits per heavy atom. The lowest BCUT2D eigenvalue weighted by atomic mass is 9.86. The van der Waals surface area contributed by atoms with E-state index in [2.05, 4.69) is 5.32 Å². The third-order valence-electron chi connectivity index (χ3n) is 6.08. The molecule has 1 atom stereocenters. The monoisotopic (exact) mass is 460 g/mol. The zero-order valence-corrected chi connectivity index (χ0v) is 18.4. The van der Waals surface area contributed by atoms with Crippen LogP contribution < -0.4 is 10.6 Å². The van der Waals surface area contributed by atoms with E-state index in [4.69, 9.17) is 9.84 Å². The number of alkyl halides is 2. The quantitative estimate of drug-likeness (QED) is 0.528. The molecule has 9 heteroatoms. The van der Waals surface area contributed by atoms with Gasteiger partial charge in [0.1, 0.15) is 6.61 Å². The van der Waals surface area contributed by atoms with E-state index in [1.165, 1.54) is 6.92 Å². The fourth-order valence-corrected chi connectivity index (χ4v) is 3.76. The maximum absolute atomic E-state index is 13.3. The molecule has 0 aliphatic heterocycles. The van der Waals surface area contributed by atoms with Gasteiger partial charge < -0.3 is 20.5 Å². The molecule has 0 saturated carbocycles. The molecule has 0 fully saturated rings. The van der Waals surface area contributed by atoms with Crippen LogP contribution in [0, 0.1) is 5.41 Å². The molecule has 7 nitrogen and oxygen atoms in total. The number of carboxylic acids is 1. The van der Waals surface area contributed by atoms with Crippen molar-refractivity contribution in [1.29, 1.82) is 0 Å². The van der Waals surface area contributed by atoms with Crippen LogP contribution in [0.15, 0.2) is 48.5 Å². The lowest BCUT2D eigenvalue weighted by molar-refractivity contribution is -0.164. The van der Waals surface area contributed by atoms with Gasteiger partial charge in [0.25, 0.3) is 0 Å². The Kier molecular flexibility index (Phi) is 7.00. The number of ether oxygens (including phenoxy) is 1. The Bertz CT molecular complexity index is 1010. The van der Waals surface area contributed by atoms with E-state index in [9.17, 15) is 23.2 Å². The van der Waals surface area contributed by atoms with Gasteiger partial charge in [0, 0.05) is 12.5 Å². The maximum atomic E-state index is 13.3. The average Bonchev–Trinajstić information content (AvgIpc) is 3.13. The molecule has 0 spiro atoms. The van der Waals surface area contributed by atoms with Crippen LogP contribution in [0.1, 0.15) is 37.3 Å². The minimum Gasteiger partial charge on any atom is -0.477 e. The summed E-state index contributed by atoms with van der Waals surface area (Å²) >= 11 is 0. The second-order valence-corrected chi connectivity index (χ2v) is 8.29. The summed E-state index contributed by atoms with van der Waals surface area (Å²) in [6, 6.07) is 15.8. The lowest BCUT2D eigenvalue weighted by Gasteiger charge is -2.27. The van der Waals surface area contributed by atoms with Gasteiger partial charge >= 0.3 is 18.0 Å². The van der Waals surface area contributed by atoms with Crippen molar-refractivity contribution in [1.82, 2.24) is 10.6 Å². The van der Waals surface area contributed by atoms with Gasteiger partial charge in [-0.25, -0.2) is 9.59 Å². The Labute approximate surface area is 190 Å². The predicted octanol–water partition coefficient (Wildman–Crippen LogP) is 3.78. The molecule has 176 valence electrons. The summed E-state index contributed by atoms with van der Waals surface area (Å²) in [4.78, 5) is 35.3. The molecule has 2 aromatic carbocycles. The highest BCUT2D eigenvalue weighted by Crippen LogP contribution is 2.44. The van der Waals surface area contributed by atoms with Crippen molar-refractivity contribution in [2.75, 3.05) is 19.7 Å². The summed E-state index contributed by atoms with van der Waals surface area (Å²) in [6.07, 6.45) is -0.513. The van der Waals surface area contributed by atoms with Crippen LogP contribution in [0.25, 0.3) is 11.1 Å². The number of halogens is 2. The highest BCUT2D eigenvalue weighted by atomic mass is 19.3. The molecular weight excluding hydrogens is 434 g/mol. The molecule has 1 unspecified atom stereocenters. The Balaban J connectivity index is 1.57. The number of alkyl carbamates (subject to hydrolysis) is 1. The zero-order valence-electron chi connectivity index (χ0n) is 18.4. The zero-order chi connectivity index (χ0) is 24.2.